The third-order valence-corrected chi connectivity index (χ3v) is 5.69. The summed E-state index contributed by atoms with van der Waals surface area (Å²) in [6.45, 7) is 10.4. The normalized spacial score (nSPS) is 33.8. The monoisotopic (exact) mass is 290 g/mol. The molecule has 0 radical (unpaired) electrons. The van der Waals surface area contributed by atoms with Crippen LogP contribution in [0.2, 0.25) is 0 Å². The van der Waals surface area contributed by atoms with Gasteiger partial charge < -0.3 is 4.74 Å². The van der Waals surface area contributed by atoms with Crippen LogP contribution in [0.4, 0.5) is 0 Å². The lowest BCUT2D eigenvalue weighted by Gasteiger charge is -2.45. The quantitative estimate of drug-likeness (QED) is 0.693. The molecule has 4 unspecified atom stereocenters. The molecule has 0 aromatic heterocycles. The Bertz CT molecular complexity index is 215. The lowest BCUT2D eigenvalue weighted by Crippen LogP contribution is -2.40. The van der Waals surface area contributed by atoms with Gasteiger partial charge in [-0.25, -0.2) is 0 Å². The summed E-state index contributed by atoms with van der Waals surface area (Å²) >= 11 is 3.91. The van der Waals surface area contributed by atoms with Gasteiger partial charge in [-0.05, 0) is 36.0 Å². The second kappa shape index (κ2) is 5.86. The first-order valence-electron chi connectivity index (χ1n) is 6.52. The van der Waals surface area contributed by atoms with Gasteiger partial charge in [0.15, 0.2) is 0 Å². The van der Waals surface area contributed by atoms with Crippen molar-refractivity contribution in [3.8, 4) is 0 Å². The number of rotatable bonds is 4. The van der Waals surface area contributed by atoms with Crippen molar-refractivity contribution in [3.05, 3.63) is 0 Å². The van der Waals surface area contributed by atoms with E-state index < -0.39 is 0 Å². The second-order valence-electron chi connectivity index (χ2n) is 6.22. The highest BCUT2D eigenvalue weighted by atomic mass is 79.9. The zero-order valence-electron chi connectivity index (χ0n) is 11.4. The minimum absolute atomic E-state index is 0.365. The molecule has 0 aliphatic heterocycles. The predicted molar refractivity (Wildman–Crippen MR) is 74.0 cm³/mol. The molecule has 0 N–H and O–H groups in total. The van der Waals surface area contributed by atoms with Crippen LogP contribution in [0, 0.1) is 23.2 Å². The first-order chi connectivity index (χ1) is 7.39. The maximum Gasteiger partial charge on any atom is 0.0493 e. The van der Waals surface area contributed by atoms with Crippen LogP contribution >= 0.6 is 15.9 Å². The molecule has 96 valence electrons. The molecule has 2 heteroatoms. The SMILES string of the molecule is COCC(C)C(C)(C)C1CCC(C)CC1Br. The van der Waals surface area contributed by atoms with E-state index >= 15 is 0 Å². The molecule has 0 aromatic rings. The summed E-state index contributed by atoms with van der Waals surface area (Å²) in [5.74, 6) is 2.29. The van der Waals surface area contributed by atoms with Gasteiger partial charge in [0.2, 0.25) is 0 Å². The minimum atomic E-state index is 0.365. The van der Waals surface area contributed by atoms with Crippen LogP contribution in [0.1, 0.15) is 47.0 Å². The summed E-state index contributed by atoms with van der Waals surface area (Å²) in [6.07, 6.45) is 4.07. The molecular weight excluding hydrogens is 264 g/mol. The van der Waals surface area contributed by atoms with Crippen LogP contribution in [-0.4, -0.2) is 18.5 Å². The standard InChI is InChI=1S/C14H27BrO/c1-10-6-7-12(13(15)8-10)14(3,4)11(2)9-16-5/h10-13H,6-9H2,1-5H3. The second-order valence-corrected chi connectivity index (χ2v) is 7.39. The molecule has 16 heavy (non-hydrogen) atoms. The van der Waals surface area contributed by atoms with Crippen molar-refractivity contribution in [2.45, 2.75) is 51.8 Å². The van der Waals surface area contributed by atoms with Crippen LogP contribution < -0.4 is 0 Å². The van der Waals surface area contributed by atoms with E-state index in [0.717, 1.165) is 18.4 Å². The molecule has 0 heterocycles. The smallest absolute Gasteiger partial charge is 0.0493 e. The summed E-state index contributed by atoms with van der Waals surface area (Å²) in [4.78, 5) is 0.686. The van der Waals surface area contributed by atoms with Crippen molar-refractivity contribution in [2.75, 3.05) is 13.7 Å². The molecule has 1 nitrogen and oxygen atoms in total. The van der Waals surface area contributed by atoms with Gasteiger partial charge in [-0.15, -0.1) is 0 Å². The molecule has 4 atom stereocenters. The fourth-order valence-corrected chi connectivity index (χ4v) is 4.56. The number of halogens is 1. The van der Waals surface area contributed by atoms with Gasteiger partial charge in [-0.3, -0.25) is 0 Å². The third-order valence-electron chi connectivity index (χ3n) is 4.68. The Morgan fingerprint density at radius 3 is 2.50 bits per heavy atom. The van der Waals surface area contributed by atoms with Gasteiger partial charge in [0.1, 0.15) is 0 Å². The summed E-state index contributed by atoms with van der Waals surface area (Å²) in [5, 5.41) is 0. The Labute approximate surface area is 109 Å². The number of alkyl halides is 1. The first-order valence-corrected chi connectivity index (χ1v) is 7.44. The molecule has 0 spiro atoms. The number of methoxy groups -OCH3 is 1. The Hall–Kier alpha value is 0.440. The third kappa shape index (κ3) is 3.22. The Morgan fingerprint density at radius 1 is 1.38 bits per heavy atom. The Kier molecular flexibility index (Phi) is 5.31. The van der Waals surface area contributed by atoms with Crippen molar-refractivity contribution >= 4 is 15.9 Å². The maximum absolute atomic E-state index is 5.32. The van der Waals surface area contributed by atoms with Gasteiger partial charge >= 0.3 is 0 Å². The van der Waals surface area contributed by atoms with Crippen LogP contribution in [0.3, 0.4) is 0 Å². The van der Waals surface area contributed by atoms with Crippen molar-refractivity contribution in [2.24, 2.45) is 23.2 Å². The molecule has 1 aliphatic carbocycles. The van der Waals surface area contributed by atoms with E-state index in [1.165, 1.54) is 19.3 Å². The van der Waals surface area contributed by atoms with E-state index in [2.05, 4.69) is 43.6 Å². The average molecular weight is 291 g/mol. The molecule has 0 bridgehead atoms. The van der Waals surface area contributed by atoms with Gasteiger partial charge in [0, 0.05) is 18.5 Å². The van der Waals surface area contributed by atoms with E-state index in [1.54, 1.807) is 7.11 Å². The average Bonchev–Trinajstić information content (AvgIpc) is 2.17. The van der Waals surface area contributed by atoms with Crippen molar-refractivity contribution < 1.29 is 4.74 Å². The Balaban J connectivity index is 2.67. The topological polar surface area (TPSA) is 9.23 Å². The largest absolute Gasteiger partial charge is 0.384 e. The zero-order valence-corrected chi connectivity index (χ0v) is 13.0. The molecule has 0 saturated heterocycles. The summed E-state index contributed by atoms with van der Waals surface area (Å²) in [7, 11) is 1.81. The number of hydrogen-bond donors (Lipinski definition) is 0. The summed E-state index contributed by atoms with van der Waals surface area (Å²) in [5.41, 5.74) is 0.365. The van der Waals surface area contributed by atoms with Crippen LogP contribution in [0.25, 0.3) is 0 Å². The van der Waals surface area contributed by atoms with Crippen molar-refractivity contribution in [3.63, 3.8) is 0 Å². The van der Waals surface area contributed by atoms with E-state index in [9.17, 15) is 0 Å². The van der Waals surface area contributed by atoms with E-state index in [4.69, 9.17) is 4.74 Å². The van der Waals surface area contributed by atoms with Crippen LogP contribution in [0.15, 0.2) is 0 Å². The van der Waals surface area contributed by atoms with Gasteiger partial charge in [0.25, 0.3) is 0 Å². The lowest BCUT2D eigenvalue weighted by atomic mass is 9.64. The summed E-state index contributed by atoms with van der Waals surface area (Å²) < 4.78 is 5.32. The molecule has 0 amide bonds. The molecule has 1 fully saturated rings. The maximum atomic E-state index is 5.32. The van der Waals surface area contributed by atoms with E-state index in [0.29, 0.717) is 16.2 Å². The van der Waals surface area contributed by atoms with Gasteiger partial charge in [-0.1, -0.05) is 50.0 Å². The summed E-state index contributed by atoms with van der Waals surface area (Å²) in [6, 6.07) is 0. The van der Waals surface area contributed by atoms with Crippen molar-refractivity contribution in [1.29, 1.82) is 0 Å². The highest BCUT2D eigenvalue weighted by molar-refractivity contribution is 9.09. The minimum Gasteiger partial charge on any atom is -0.384 e. The molecule has 1 aliphatic rings. The highest BCUT2D eigenvalue weighted by Gasteiger charge is 2.40. The van der Waals surface area contributed by atoms with E-state index in [-0.39, 0.29) is 0 Å². The highest BCUT2D eigenvalue weighted by Crippen LogP contribution is 2.47. The van der Waals surface area contributed by atoms with Gasteiger partial charge in [-0.2, -0.15) is 0 Å². The number of ether oxygens (including phenoxy) is 1. The molecule has 1 rings (SSSR count). The fraction of sp³-hybridized carbons (Fsp3) is 1.00. The number of hydrogen-bond acceptors (Lipinski definition) is 1. The predicted octanol–water partition coefficient (Wildman–Crippen LogP) is 4.49. The lowest BCUT2D eigenvalue weighted by molar-refractivity contribution is 0.0338. The molecular formula is C14H27BrO. The van der Waals surface area contributed by atoms with Crippen LogP contribution in [0.5, 0.6) is 0 Å². The zero-order chi connectivity index (χ0) is 12.3. The first kappa shape index (κ1) is 14.5. The fourth-order valence-electron chi connectivity index (χ4n) is 2.98. The Morgan fingerprint density at radius 2 is 2.00 bits per heavy atom. The van der Waals surface area contributed by atoms with Crippen LogP contribution in [-0.2, 0) is 4.74 Å². The molecule has 1 saturated carbocycles. The molecule has 0 aromatic carbocycles. The van der Waals surface area contributed by atoms with E-state index in [1.807, 2.05) is 0 Å². The van der Waals surface area contributed by atoms with Gasteiger partial charge in [0.05, 0.1) is 0 Å². The van der Waals surface area contributed by atoms with Crippen molar-refractivity contribution in [1.82, 2.24) is 0 Å².